The van der Waals surface area contributed by atoms with Gasteiger partial charge >= 0.3 is 0 Å². The quantitative estimate of drug-likeness (QED) is 0.643. The van der Waals surface area contributed by atoms with Crippen LogP contribution in [0.2, 0.25) is 0 Å². The highest BCUT2D eigenvalue weighted by Gasteiger charge is 2.01. The van der Waals surface area contributed by atoms with E-state index in [1.54, 1.807) is 0 Å². The van der Waals surface area contributed by atoms with Crippen LogP contribution >= 0.6 is 15.9 Å². The van der Waals surface area contributed by atoms with Crippen LogP contribution in [0.15, 0.2) is 53.0 Å². The molecule has 0 aliphatic heterocycles. The maximum absolute atomic E-state index is 5.42. The summed E-state index contributed by atoms with van der Waals surface area (Å²) in [5.74, 6) is 5.42. The van der Waals surface area contributed by atoms with E-state index in [0.717, 1.165) is 15.7 Å². The lowest BCUT2D eigenvalue weighted by Crippen LogP contribution is -2.07. The van der Waals surface area contributed by atoms with Gasteiger partial charge < -0.3 is 5.43 Å². The Morgan fingerprint density at radius 2 is 1.67 bits per heavy atom. The fourth-order valence-corrected chi connectivity index (χ4v) is 1.81. The van der Waals surface area contributed by atoms with Gasteiger partial charge in [0.15, 0.2) is 0 Å². The number of halogens is 1. The first-order chi connectivity index (χ1) is 7.31. The normalized spacial score (nSPS) is 10.0. The Kier molecular flexibility index (Phi) is 3.04. The van der Waals surface area contributed by atoms with Gasteiger partial charge in [-0.1, -0.05) is 36.4 Å². The Bertz CT molecular complexity index is 454. The Balaban J connectivity index is 2.46. The summed E-state index contributed by atoms with van der Waals surface area (Å²) in [6.45, 7) is 0. The second-order valence-electron chi connectivity index (χ2n) is 3.20. The Hall–Kier alpha value is -1.32. The minimum absolute atomic E-state index is 0.886. The molecule has 0 radical (unpaired) electrons. The summed E-state index contributed by atoms with van der Waals surface area (Å²) >= 11 is 3.42. The number of hydrogen-bond donors (Lipinski definition) is 2. The van der Waals surface area contributed by atoms with E-state index < -0.39 is 0 Å². The zero-order valence-corrected chi connectivity index (χ0v) is 9.66. The molecule has 0 saturated heterocycles. The third-order valence-corrected chi connectivity index (χ3v) is 2.92. The molecule has 3 heteroatoms. The third kappa shape index (κ3) is 2.19. The van der Waals surface area contributed by atoms with E-state index in [-0.39, 0.29) is 0 Å². The largest absolute Gasteiger partial charge is 0.323 e. The third-order valence-electron chi connectivity index (χ3n) is 2.23. The van der Waals surface area contributed by atoms with Crippen molar-refractivity contribution in [3.63, 3.8) is 0 Å². The molecule has 0 aliphatic rings. The summed E-state index contributed by atoms with van der Waals surface area (Å²) in [6.07, 6.45) is 0. The predicted octanol–water partition coefficient (Wildman–Crippen LogP) is 3.40. The average Bonchev–Trinajstić information content (AvgIpc) is 2.31. The number of hydrogen-bond acceptors (Lipinski definition) is 2. The van der Waals surface area contributed by atoms with Crippen LogP contribution in [0.4, 0.5) is 5.69 Å². The SMILES string of the molecule is NNc1cc(-c2ccccc2)ccc1Br. The molecule has 0 spiro atoms. The lowest BCUT2D eigenvalue weighted by Gasteiger charge is -2.07. The molecule has 2 nitrogen and oxygen atoms in total. The summed E-state index contributed by atoms with van der Waals surface area (Å²) < 4.78 is 0.963. The molecule has 0 amide bonds. The first kappa shape index (κ1) is 10.2. The lowest BCUT2D eigenvalue weighted by molar-refractivity contribution is 1.34. The van der Waals surface area contributed by atoms with Crippen molar-refractivity contribution in [1.82, 2.24) is 0 Å². The van der Waals surface area contributed by atoms with Crippen LogP contribution in [0.1, 0.15) is 0 Å². The summed E-state index contributed by atoms with van der Waals surface area (Å²) in [7, 11) is 0. The zero-order chi connectivity index (χ0) is 10.7. The van der Waals surface area contributed by atoms with E-state index in [2.05, 4.69) is 39.6 Å². The van der Waals surface area contributed by atoms with Gasteiger partial charge in [-0.05, 0) is 39.2 Å². The molecule has 15 heavy (non-hydrogen) atoms. The standard InChI is InChI=1S/C12H11BrN2/c13-11-7-6-10(8-12(11)15-14)9-4-2-1-3-5-9/h1-8,15H,14H2. The number of nitrogens with one attached hydrogen (secondary N) is 1. The molecule has 0 heterocycles. The van der Waals surface area contributed by atoms with Crippen molar-refractivity contribution in [3.05, 3.63) is 53.0 Å². The molecule has 76 valence electrons. The van der Waals surface area contributed by atoms with Crippen LogP contribution in [-0.4, -0.2) is 0 Å². The van der Waals surface area contributed by atoms with Gasteiger partial charge in [-0.25, -0.2) is 0 Å². The van der Waals surface area contributed by atoms with Crippen molar-refractivity contribution >= 4 is 21.6 Å². The van der Waals surface area contributed by atoms with Crippen LogP contribution in [0.25, 0.3) is 11.1 Å². The predicted molar refractivity (Wildman–Crippen MR) is 67.4 cm³/mol. The maximum Gasteiger partial charge on any atom is 0.0633 e. The minimum Gasteiger partial charge on any atom is -0.323 e. The molecule has 0 fully saturated rings. The molecular formula is C12H11BrN2. The molecule has 0 bridgehead atoms. The van der Waals surface area contributed by atoms with E-state index in [1.807, 2.05) is 30.3 Å². The molecule has 2 rings (SSSR count). The van der Waals surface area contributed by atoms with Gasteiger partial charge in [0.2, 0.25) is 0 Å². The van der Waals surface area contributed by atoms with Gasteiger partial charge in [-0.2, -0.15) is 0 Å². The van der Waals surface area contributed by atoms with Crippen LogP contribution in [-0.2, 0) is 0 Å². The van der Waals surface area contributed by atoms with Crippen LogP contribution in [0, 0.1) is 0 Å². The van der Waals surface area contributed by atoms with Crippen molar-refractivity contribution in [3.8, 4) is 11.1 Å². The molecule has 0 unspecified atom stereocenters. The molecule has 0 aromatic heterocycles. The van der Waals surface area contributed by atoms with Gasteiger partial charge in [-0.15, -0.1) is 0 Å². The number of nitrogens with two attached hydrogens (primary N) is 1. The zero-order valence-electron chi connectivity index (χ0n) is 8.07. The van der Waals surface area contributed by atoms with Gasteiger partial charge in [0, 0.05) is 4.47 Å². The van der Waals surface area contributed by atoms with E-state index in [9.17, 15) is 0 Å². The van der Waals surface area contributed by atoms with Crippen molar-refractivity contribution in [2.24, 2.45) is 5.84 Å². The number of benzene rings is 2. The molecule has 2 aromatic carbocycles. The van der Waals surface area contributed by atoms with Crippen LogP contribution in [0.3, 0.4) is 0 Å². The van der Waals surface area contributed by atoms with Crippen molar-refractivity contribution in [2.45, 2.75) is 0 Å². The lowest BCUT2D eigenvalue weighted by atomic mass is 10.1. The molecular weight excluding hydrogens is 252 g/mol. The number of rotatable bonds is 2. The minimum atomic E-state index is 0.886. The highest BCUT2D eigenvalue weighted by atomic mass is 79.9. The number of anilines is 1. The van der Waals surface area contributed by atoms with E-state index in [0.29, 0.717) is 0 Å². The first-order valence-corrected chi connectivity index (χ1v) is 5.42. The van der Waals surface area contributed by atoms with Crippen molar-refractivity contribution < 1.29 is 0 Å². The van der Waals surface area contributed by atoms with E-state index >= 15 is 0 Å². The molecule has 0 aliphatic carbocycles. The highest BCUT2D eigenvalue weighted by Crippen LogP contribution is 2.28. The van der Waals surface area contributed by atoms with Crippen molar-refractivity contribution in [1.29, 1.82) is 0 Å². The summed E-state index contributed by atoms with van der Waals surface area (Å²) in [4.78, 5) is 0. The average molecular weight is 263 g/mol. The summed E-state index contributed by atoms with van der Waals surface area (Å²) in [6, 6.07) is 16.2. The fraction of sp³-hybridized carbons (Fsp3) is 0. The first-order valence-electron chi connectivity index (χ1n) is 4.63. The molecule has 3 N–H and O–H groups in total. The fourth-order valence-electron chi connectivity index (χ4n) is 1.45. The van der Waals surface area contributed by atoms with Crippen LogP contribution in [0.5, 0.6) is 0 Å². The van der Waals surface area contributed by atoms with Crippen LogP contribution < -0.4 is 11.3 Å². The highest BCUT2D eigenvalue weighted by molar-refractivity contribution is 9.10. The van der Waals surface area contributed by atoms with E-state index in [1.165, 1.54) is 5.56 Å². The van der Waals surface area contributed by atoms with Gasteiger partial charge in [0.25, 0.3) is 0 Å². The van der Waals surface area contributed by atoms with Gasteiger partial charge in [0.1, 0.15) is 0 Å². The summed E-state index contributed by atoms with van der Waals surface area (Å²) in [5.41, 5.74) is 5.87. The van der Waals surface area contributed by atoms with Crippen molar-refractivity contribution in [2.75, 3.05) is 5.43 Å². The van der Waals surface area contributed by atoms with Gasteiger partial charge in [0.05, 0.1) is 5.69 Å². The van der Waals surface area contributed by atoms with Gasteiger partial charge in [-0.3, -0.25) is 5.84 Å². The van der Waals surface area contributed by atoms with E-state index in [4.69, 9.17) is 5.84 Å². The maximum atomic E-state index is 5.42. The number of nitrogen functional groups attached to an aromatic ring is 1. The Labute approximate surface area is 97.2 Å². The second-order valence-corrected chi connectivity index (χ2v) is 4.06. The molecule has 0 saturated carbocycles. The Morgan fingerprint density at radius 3 is 2.33 bits per heavy atom. The summed E-state index contributed by atoms with van der Waals surface area (Å²) in [5, 5.41) is 0. The Morgan fingerprint density at radius 1 is 0.933 bits per heavy atom. The molecule has 2 aromatic rings. The smallest absolute Gasteiger partial charge is 0.0633 e. The number of hydrazine groups is 1. The monoisotopic (exact) mass is 262 g/mol. The second kappa shape index (κ2) is 4.47. The topological polar surface area (TPSA) is 38.0 Å². The molecule has 0 atom stereocenters.